The van der Waals surface area contributed by atoms with Crippen LogP contribution in [-0.2, 0) is 0 Å². The smallest absolute Gasteiger partial charge is 0.272 e. The fourth-order valence-electron chi connectivity index (χ4n) is 2.99. The predicted octanol–water partition coefficient (Wildman–Crippen LogP) is 3.75. The molecule has 7 heteroatoms. The monoisotopic (exact) mass is 360 g/mol. The van der Waals surface area contributed by atoms with Crippen LogP contribution in [0.2, 0.25) is 5.02 Å². The van der Waals surface area contributed by atoms with Crippen molar-refractivity contribution in [3.05, 3.63) is 41.3 Å². The Morgan fingerprint density at radius 3 is 2.96 bits per heavy atom. The summed E-state index contributed by atoms with van der Waals surface area (Å²) in [5.74, 6) is 1.62. The Kier molecular flexibility index (Phi) is 5.38. The van der Waals surface area contributed by atoms with E-state index >= 15 is 0 Å². The molecule has 1 atom stereocenters. The van der Waals surface area contributed by atoms with E-state index in [1.165, 1.54) is 6.33 Å². The van der Waals surface area contributed by atoms with Crippen molar-refractivity contribution in [3.8, 4) is 5.75 Å². The summed E-state index contributed by atoms with van der Waals surface area (Å²) in [6.07, 6.45) is 3.58. The zero-order valence-corrected chi connectivity index (χ0v) is 15.1. The Balaban J connectivity index is 1.80. The van der Waals surface area contributed by atoms with Gasteiger partial charge >= 0.3 is 0 Å². The molecule has 1 aromatic heterocycles. The maximum atomic E-state index is 12.7. The number of piperidine rings is 1. The Labute approximate surface area is 152 Å². The van der Waals surface area contributed by atoms with E-state index in [1.54, 1.807) is 31.4 Å². The number of aromatic nitrogens is 2. The topological polar surface area (TPSA) is 67.3 Å². The first-order valence-corrected chi connectivity index (χ1v) is 8.66. The normalized spacial score (nSPS) is 17.2. The summed E-state index contributed by atoms with van der Waals surface area (Å²) in [7, 11) is 1.58. The van der Waals surface area contributed by atoms with Crippen molar-refractivity contribution in [2.24, 2.45) is 5.92 Å². The molecule has 1 aromatic carbocycles. The predicted molar refractivity (Wildman–Crippen MR) is 97.6 cm³/mol. The molecule has 1 aliphatic rings. The molecule has 132 valence electrons. The lowest BCUT2D eigenvalue weighted by Gasteiger charge is -2.30. The molecule has 1 N–H and O–H groups in total. The molecule has 1 fully saturated rings. The summed E-state index contributed by atoms with van der Waals surface area (Å²) >= 11 is 6.05. The number of nitrogens with one attached hydrogen (secondary N) is 1. The number of ether oxygens (including phenoxy) is 1. The number of halogens is 1. The van der Waals surface area contributed by atoms with Crippen LogP contribution in [0.3, 0.4) is 0 Å². The molecule has 0 bridgehead atoms. The molecule has 1 unspecified atom stereocenters. The third kappa shape index (κ3) is 4.20. The first-order valence-electron chi connectivity index (χ1n) is 8.28. The SMILES string of the molecule is COc1ccc(Cl)cc1Nc1cc(C(=O)N2CCCC(C)C2)ncn1. The van der Waals surface area contributed by atoms with Crippen molar-refractivity contribution < 1.29 is 9.53 Å². The number of methoxy groups -OCH3 is 1. The third-order valence-corrected chi connectivity index (χ3v) is 4.49. The van der Waals surface area contributed by atoms with Crippen molar-refractivity contribution >= 4 is 29.0 Å². The minimum Gasteiger partial charge on any atom is -0.495 e. The first kappa shape index (κ1) is 17.5. The number of nitrogens with zero attached hydrogens (tertiary/aromatic N) is 3. The Morgan fingerprint density at radius 2 is 2.20 bits per heavy atom. The van der Waals surface area contributed by atoms with Gasteiger partial charge in [-0.2, -0.15) is 0 Å². The van der Waals surface area contributed by atoms with Crippen LogP contribution < -0.4 is 10.1 Å². The van der Waals surface area contributed by atoms with Gasteiger partial charge in [-0.1, -0.05) is 18.5 Å². The van der Waals surface area contributed by atoms with Gasteiger partial charge < -0.3 is 15.0 Å². The second-order valence-electron chi connectivity index (χ2n) is 6.26. The van der Waals surface area contributed by atoms with E-state index in [0.717, 1.165) is 25.9 Å². The van der Waals surface area contributed by atoms with E-state index in [1.807, 2.05) is 4.90 Å². The van der Waals surface area contributed by atoms with Crippen molar-refractivity contribution in [1.82, 2.24) is 14.9 Å². The van der Waals surface area contributed by atoms with E-state index in [2.05, 4.69) is 22.2 Å². The number of likely N-dealkylation sites (tertiary alicyclic amines) is 1. The molecule has 2 heterocycles. The quantitative estimate of drug-likeness (QED) is 0.899. The van der Waals surface area contributed by atoms with Crippen molar-refractivity contribution in [3.63, 3.8) is 0 Å². The molecule has 0 aliphatic carbocycles. The number of hydrogen-bond donors (Lipinski definition) is 1. The van der Waals surface area contributed by atoms with Gasteiger partial charge in [0.15, 0.2) is 0 Å². The van der Waals surface area contributed by atoms with E-state index in [-0.39, 0.29) is 5.91 Å². The van der Waals surface area contributed by atoms with Gasteiger partial charge in [-0.25, -0.2) is 9.97 Å². The lowest BCUT2D eigenvalue weighted by Crippen LogP contribution is -2.39. The second kappa shape index (κ2) is 7.70. The zero-order chi connectivity index (χ0) is 17.8. The maximum absolute atomic E-state index is 12.7. The number of anilines is 2. The number of rotatable bonds is 4. The summed E-state index contributed by atoms with van der Waals surface area (Å²) in [6, 6.07) is 6.92. The molecule has 0 spiro atoms. The average molecular weight is 361 g/mol. The van der Waals surface area contributed by atoms with E-state index in [0.29, 0.717) is 33.9 Å². The number of amides is 1. The highest BCUT2D eigenvalue weighted by molar-refractivity contribution is 6.31. The van der Waals surface area contributed by atoms with Gasteiger partial charge in [0.1, 0.15) is 23.6 Å². The molecule has 0 saturated carbocycles. The molecule has 2 aromatic rings. The lowest BCUT2D eigenvalue weighted by molar-refractivity contribution is 0.0677. The Bertz CT molecular complexity index is 768. The van der Waals surface area contributed by atoms with Gasteiger partial charge in [-0.05, 0) is 37.0 Å². The molecule has 6 nitrogen and oxygen atoms in total. The van der Waals surface area contributed by atoms with Crippen LogP contribution in [0, 0.1) is 5.92 Å². The molecule has 0 radical (unpaired) electrons. The summed E-state index contributed by atoms with van der Waals surface area (Å²) in [5.41, 5.74) is 1.06. The lowest BCUT2D eigenvalue weighted by atomic mass is 10.00. The second-order valence-corrected chi connectivity index (χ2v) is 6.69. The Morgan fingerprint density at radius 1 is 1.36 bits per heavy atom. The van der Waals surface area contributed by atoms with Gasteiger partial charge in [0.05, 0.1) is 12.8 Å². The zero-order valence-electron chi connectivity index (χ0n) is 14.3. The largest absolute Gasteiger partial charge is 0.495 e. The first-order chi connectivity index (χ1) is 12.1. The number of benzene rings is 1. The number of hydrogen-bond acceptors (Lipinski definition) is 5. The van der Waals surface area contributed by atoms with E-state index in [4.69, 9.17) is 16.3 Å². The van der Waals surface area contributed by atoms with Crippen LogP contribution >= 0.6 is 11.6 Å². The summed E-state index contributed by atoms with van der Waals surface area (Å²) in [4.78, 5) is 22.9. The number of carbonyl (C=O) groups excluding carboxylic acids is 1. The molecule has 1 amide bonds. The highest BCUT2D eigenvalue weighted by atomic mass is 35.5. The van der Waals surface area contributed by atoms with E-state index in [9.17, 15) is 4.79 Å². The molecule has 25 heavy (non-hydrogen) atoms. The van der Waals surface area contributed by atoms with Crippen LogP contribution in [0.1, 0.15) is 30.3 Å². The van der Waals surface area contributed by atoms with Crippen LogP contribution in [0.25, 0.3) is 0 Å². The van der Waals surface area contributed by atoms with Crippen LogP contribution in [-0.4, -0.2) is 41.0 Å². The fourth-order valence-corrected chi connectivity index (χ4v) is 3.17. The molecule has 1 saturated heterocycles. The maximum Gasteiger partial charge on any atom is 0.272 e. The Hall–Kier alpha value is -2.34. The highest BCUT2D eigenvalue weighted by Gasteiger charge is 2.23. The summed E-state index contributed by atoms with van der Waals surface area (Å²) in [5, 5.41) is 3.72. The van der Waals surface area contributed by atoms with Crippen molar-refractivity contribution in [2.45, 2.75) is 19.8 Å². The highest BCUT2D eigenvalue weighted by Crippen LogP contribution is 2.30. The van der Waals surface area contributed by atoms with Crippen molar-refractivity contribution in [1.29, 1.82) is 0 Å². The van der Waals surface area contributed by atoms with Crippen molar-refractivity contribution in [2.75, 3.05) is 25.5 Å². The fraction of sp³-hybridized carbons (Fsp3) is 0.389. The van der Waals surface area contributed by atoms with Gasteiger partial charge in [-0.3, -0.25) is 4.79 Å². The average Bonchev–Trinajstić information content (AvgIpc) is 2.61. The minimum atomic E-state index is -0.0601. The van der Waals surface area contributed by atoms with Gasteiger partial charge in [0.2, 0.25) is 0 Å². The van der Waals surface area contributed by atoms with Gasteiger partial charge in [0.25, 0.3) is 5.91 Å². The summed E-state index contributed by atoms with van der Waals surface area (Å²) in [6.45, 7) is 3.71. The minimum absolute atomic E-state index is 0.0601. The number of carbonyl (C=O) groups is 1. The molecule has 1 aliphatic heterocycles. The van der Waals surface area contributed by atoms with Gasteiger partial charge in [0, 0.05) is 24.2 Å². The summed E-state index contributed by atoms with van der Waals surface area (Å²) < 4.78 is 5.32. The van der Waals surface area contributed by atoms with Crippen LogP contribution in [0.5, 0.6) is 5.75 Å². The molecular weight excluding hydrogens is 340 g/mol. The molecular formula is C18H21ClN4O2. The molecule has 3 rings (SSSR count). The van der Waals surface area contributed by atoms with Gasteiger partial charge in [-0.15, -0.1) is 0 Å². The van der Waals surface area contributed by atoms with Crippen LogP contribution in [0.15, 0.2) is 30.6 Å². The van der Waals surface area contributed by atoms with Crippen LogP contribution in [0.4, 0.5) is 11.5 Å². The standard InChI is InChI=1S/C18H21ClN4O2/c1-12-4-3-7-23(10-12)18(24)15-9-17(21-11-20-15)22-14-8-13(19)5-6-16(14)25-2/h5-6,8-9,11-12H,3-4,7,10H2,1-2H3,(H,20,21,22). The van der Waals surface area contributed by atoms with E-state index < -0.39 is 0 Å². The third-order valence-electron chi connectivity index (χ3n) is 4.25.